The van der Waals surface area contributed by atoms with Crippen LogP contribution in [0.1, 0.15) is 503 Å². The second kappa shape index (κ2) is 84.5. The van der Waals surface area contributed by atoms with Gasteiger partial charge in [-0.15, -0.1) is 0 Å². The number of hydrogen-bond donors (Lipinski definition) is 3. The van der Waals surface area contributed by atoms with E-state index in [1.807, 2.05) is 0 Å². The van der Waals surface area contributed by atoms with Gasteiger partial charge in [-0.1, -0.05) is 452 Å². The first-order valence-electron chi connectivity index (χ1n) is 47.6. The summed E-state index contributed by atoms with van der Waals surface area (Å²) in [5, 5.41) is 10.7. The van der Waals surface area contributed by atoms with Crippen molar-refractivity contribution in [2.45, 2.75) is 522 Å². The van der Waals surface area contributed by atoms with Gasteiger partial charge in [-0.05, 0) is 31.6 Å². The van der Waals surface area contributed by atoms with Gasteiger partial charge in [-0.3, -0.25) is 37.3 Å². The van der Waals surface area contributed by atoms with Gasteiger partial charge < -0.3 is 33.8 Å². The Kier molecular flexibility index (Phi) is 83.0. The van der Waals surface area contributed by atoms with Gasteiger partial charge in [0.2, 0.25) is 0 Å². The molecule has 0 aliphatic rings. The standard InChI is InChI=1S/C92H180O17P2/c1-6-9-12-15-18-21-24-27-30-33-36-38-40-43-46-49-52-55-58-61-67-72-77-91(96)108-87(81-102-89(94)75-70-65-59-56-53-50-47-44-42-39-37-34-31-28-25-22-19-16-13-10-7-2)83-106-110(98,99)104-79-86(93)80-105-111(100,101)107-84-88(82-103-90(95)76-71-66-63-62-64-69-74-85(4)5)109-92(97)78-73-68-60-57-54-51-48-45-41-35-32-29-26-23-20-17-14-11-8-3/h85-88,93H,6-84H2,1-5H3,(H,98,99)(H,100,101)/t86-,87-,88-/m1/s1. The number of aliphatic hydroxyl groups excluding tert-OH is 1. The maximum absolute atomic E-state index is 13.2. The quantitative estimate of drug-likeness (QED) is 0.0222. The van der Waals surface area contributed by atoms with Gasteiger partial charge >= 0.3 is 39.5 Å². The van der Waals surface area contributed by atoms with Crippen LogP contribution in [0.25, 0.3) is 0 Å². The van der Waals surface area contributed by atoms with Crippen LogP contribution in [0.2, 0.25) is 0 Å². The Morgan fingerprint density at radius 1 is 0.243 bits per heavy atom. The van der Waals surface area contributed by atoms with Crippen molar-refractivity contribution in [3.8, 4) is 0 Å². The lowest BCUT2D eigenvalue weighted by atomic mass is 10.0. The zero-order chi connectivity index (χ0) is 81.1. The van der Waals surface area contributed by atoms with Crippen molar-refractivity contribution in [2.75, 3.05) is 39.6 Å². The lowest BCUT2D eigenvalue weighted by molar-refractivity contribution is -0.161. The van der Waals surface area contributed by atoms with Crippen LogP contribution in [0.15, 0.2) is 0 Å². The smallest absolute Gasteiger partial charge is 0.462 e. The highest BCUT2D eigenvalue weighted by atomic mass is 31.2. The van der Waals surface area contributed by atoms with Crippen LogP contribution in [0.3, 0.4) is 0 Å². The van der Waals surface area contributed by atoms with Crippen molar-refractivity contribution in [1.82, 2.24) is 0 Å². The second-order valence-electron chi connectivity index (χ2n) is 33.5. The van der Waals surface area contributed by atoms with Crippen LogP contribution in [-0.2, 0) is 65.4 Å². The molecule has 0 rings (SSSR count). The zero-order valence-corrected chi connectivity index (χ0v) is 74.9. The molecule has 2 unspecified atom stereocenters. The van der Waals surface area contributed by atoms with Gasteiger partial charge in [0.05, 0.1) is 26.4 Å². The number of esters is 4. The van der Waals surface area contributed by atoms with E-state index in [1.165, 1.54) is 321 Å². The summed E-state index contributed by atoms with van der Waals surface area (Å²) in [6.45, 7) is 7.31. The van der Waals surface area contributed by atoms with E-state index in [1.54, 1.807) is 0 Å². The molecule has 0 saturated heterocycles. The Morgan fingerprint density at radius 2 is 0.414 bits per heavy atom. The van der Waals surface area contributed by atoms with Gasteiger partial charge in [0.25, 0.3) is 0 Å². The van der Waals surface area contributed by atoms with Crippen LogP contribution in [0.4, 0.5) is 0 Å². The maximum atomic E-state index is 13.2. The Labute approximate surface area is 683 Å². The molecule has 19 heteroatoms. The SMILES string of the molecule is CCCCCCCCCCCCCCCCCCCCCCCCC(=O)O[C@H](COC(=O)CCCCCCCCCCCCCCCCCCCCCCC)COP(=O)(O)OC[C@@H](O)COP(=O)(O)OC[C@@H](COC(=O)CCCCCCCCC(C)C)OC(=O)CCCCCCCCCCCCCCCCCCCCC. The molecule has 0 aromatic heterocycles. The average molecular weight is 1620 g/mol. The molecule has 0 heterocycles. The molecular weight excluding hydrogens is 1440 g/mol. The van der Waals surface area contributed by atoms with Crippen molar-refractivity contribution in [3.05, 3.63) is 0 Å². The van der Waals surface area contributed by atoms with Crippen molar-refractivity contribution >= 4 is 39.5 Å². The number of hydrogen-bond acceptors (Lipinski definition) is 15. The second-order valence-corrected chi connectivity index (χ2v) is 36.4. The van der Waals surface area contributed by atoms with Crippen LogP contribution >= 0.6 is 15.6 Å². The summed E-state index contributed by atoms with van der Waals surface area (Å²) < 4.78 is 69.0. The number of phosphoric acid groups is 2. The summed E-state index contributed by atoms with van der Waals surface area (Å²) in [4.78, 5) is 73.4. The summed E-state index contributed by atoms with van der Waals surface area (Å²) in [6.07, 6.45) is 81.1. The van der Waals surface area contributed by atoms with E-state index in [2.05, 4.69) is 34.6 Å². The first-order chi connectivity index (χ1) is 54.0. The predicted octanol–water partition coefficient (Wildman–Crippen LogP) is 28.7. The topological polar surface area (TPSA) is 237 Å². The number of ether oxygens (including phenoxy) is 4. The van der Waals surface area contributed by atoms with E-state index in [0.29, 0.717) is 31.6 Å². The monoisotopic (exact) mass is 1620 g/mol. The third-order valence-corrected chi connectivity index (χ3v) is 23.7. The molecule has 17 nitrogen and oxygen atoms in total. The molecule has 0 bridgehead atoms. The molecule has 3 N–H and O–H groups in total. The molecule has 0 amide bonds. The number of rotatable bonds is 92. The van der Waals surface area contributed by atoms with Gasteiger partial charge in [0.15, 0.2) is 12.2 Å². The first-order valence-corrected chi connectivity index (χ1v) is 50.6. The minimum atomic E-state index is -4.97. The van der Waals surface area contributed by atoms with Crippen molar-refractivity contribution < 1.29 is 80.2 Å². The van der Waals surface area contributed by atoms with Crippen LogP contribution in [-0.4, -0.2) is 96.7 Å². The highest BCUT2D eigenvalue weighted by Gasteiger charge is 2.31. The minimum Gasteiger partial charge on any atom is -0.462 e. The maximum Gasteiger partial charge on any atom is 0.472 e. The zero-order valence-electron chi connectivity index (χ0n) is 73.1. The van der Waals surface area contributed by atoms with Gasteiger partial charge in [-0.2, -0.15) is 0 Å². The third kappa shape index (κ3) is 85.8. The summed E-state index contributed by atoms with van der Waals surface area (Å²) in [5.74, 6) is -1.42. The van der Waals surface area contributed by atoms with E-state index < -0.39 is 97.5 Å². The highest BCUT2D eigenvalue weighted by Crippen LogP contribution is 2.45. The molecule has 111 heavy (non-hydrogen) atoms. The fourth-order valence-electron chi connectivity index (χ4n) is 14.5. The molecule has 0 fully saturated rings. The Morgan fingerprint density at radius 3 is 0.613 bits per heavy atom. The minimum absolute atomic E-state index is 0.108. The summed E-state index contributed by atoms with van der Waals surface area (Å²) in [6, 6.07) is 0. The lowest BCUT2D eigenvalue weighted by Gasteiger charge is -2.21. The highest BCUT2D eigenvalue weighted by molar-refractivity contribution is 7.47. The van der Waals surface area contributed by atoms with Crippen molar-refractivity contribution in [2.24, 2.45) is 5.92 Å². The number of unbranched alkanes of at least 4 members (excludes halogenated alkanes) is 64. The number of carbonyl (C=O) groups is 4. The fraction of sp³-hybridized carbons (Fsp3) is 0.957. The average Bonchev–Trinajstić information content (AvgIpc) is 0.896. The normalized spacial score (nSPS) is 13.7. The van der Waals surface area contributed by atoms with E-state index in [0.717, 1.165) is 96.3 Å². The van der Waals surface area contributed by atoms with Gasteiger partial charge in [0, 0.05) is 25.7 Å². The fourth-order valence-corrected chi connectivity index (χ4v) is 16.1. The van der Waals surface area contributed by atoms with Crippen molar-refractivity contribution in [1.29, 1.82) is 0 Å². The summed E-state index contributed by atoms with van der Waals surface area (Å²) >= 11 is 0. The Hall–Kier alpha value is -1.94. The summed E-state index contributed by atoms with van der Waals surface area (Å²) in [5.41, 5.74) is 0. The molecule has 0 aromatic rings. The van der Waals surface area contributed by atoms with Crippen LogP contribution in [0, 0.1) is 5.92 Å². The van der Waals surface area contributed by atoms with E-state index in [9.17, 15) is 43.2 Å². The summed E-state index contributed by atoms with van der Waals surface area (Å²) in [7, 11) is -9.93. The van der Waals surface area contributed by atoms with Gasteiger partial charge in [-0.25, -0.2) is 9.13 Å². The molecule has 5 atom stereocenters. The van der Waals surface area contributed by atoms with E-state index in [-0.39, 0.29) is 25.7 Å². The first kappa shape index (κ1) is 109. The molecule has 0 spiro atoms. The van der Waals surface area contributed by atoms with Gasteiger partial charge in [0.1, 0.15) is 19.3 Å². The molecule has 0 radical (unpaired) electrons. The molecule has 0 aromatic carbocycles. The molecule has 660 valence electrons. The number of aliphatic hydroxyl groups is 1. The largest absolute Gasteiger partial charge is 0.472 e. The van der Waals surface area contributed by atoms with Crippen molar-refractivity contribution in [3.63, 3.8) is 0 Å². The van der Waals surface area contributed by atoms with Crippen LogP contribution < -0.4 is 0 Å². The van der Waals surface area contributed by atoms with Crippen LogP contribution in [0.5, 0.6) is 0 Å². The lowest BCUT2D eigenvalue weighted by Crippen LogP contribution is -2.30. The predicted molar refractivity (Wildman–Crippen MR) is 460 cm³/mol. The Balaban J connectivity index is 5.18. The number of phosphoric ester groups is 2. The third-order valence-electron chi connectivity index (χ3n) is 21.8. The van der Waals surface area contributed by atoms with E-state index in [4.69, 9.17) is 37.0 Å². The molecule has 0 aliphatic heterocycles. The van der Waals surface area contributed by atoms with E-state index >= 15 is 0 Å². The molecule has 0 saturated carbocycles. The Bertz CT molecular complexity index is 2100. The molecular formula is C92H180O17P2. The molecule has 0 aliphatic carbocycles. The number of carbonyl (C=O) groups excluding carboxylic acids is 4.